The van der Waals surface area contributed by atoms with Gasteiger partial charge in [-0.25, -0.2) is 8.78 Å². The Kier molecular flexibility index (Phi) is 4.41. The van der Waals surface area contributed by atoms with Gasteiger partial charge in [-0.1, -0.05) is 12.1 Å². The molecule has 1 aliphatic rings. The van der Waals surface area contributed by atoms with E-state index in [1.54, 1.807) is 12.3 Å². The lowest BCUT2D eigenvalue weighted by Gasteiger charge is -2.06. The van der Waals surface area contributed by atoms with Gasteiger partial charge in [0.15, 0.2) is 11.6 Å². The Morgan fingerprint density at radius 1 is 1.43 bits per heavy atom. The number of H-pyrrole nitrogens is 1. The van der Waals surface area contributed by atoms with Crippen LogP contribution in [0.2, 0.25) is 0 Å². The fourth-order valence-electron chi connectivity index (χ4n) is 2.88. The van der Waals surface area contributed by atoms with Gasteiger partial charge in [-0.3, -0.25) is 9.89 Å². The maximum absolute atomic E-state index is 13.7. The highest BCUT2D eigenvalue weighted by molar-refractivity contribution is 5.82. The third kappa shape index (κ3) is 3.41. The first-order valence-electron chi connectivity index (χ1n) is 7.78. The molecule has 0 unspecified atom stereocenters. The Bertz CT molecular complexity index is 714. The molecule has 1 amide bonds. The van der Waals surface area contributed by atoms with Gasteiger partial charge in [-0.2, -0.15) is 5.10 Å². The first-order valence-corrected chi connectivity index (χ1v) is 7.78. The molecule has 2 aromatic rings. The maximum atomic E-state index is 13.7. The van der Waals surface area contributed by atoms with E-state index in [9.17, 15) is 13.6 Å². The molecule has 1 aromatic heterocycles. The van der Waals surface area contributed by atoms with Gasteiger partial charge in [0, 0.05) is 18.2 Å². The van der Waals surface area contributed by atoms with E-state index in [4.69, 9.17) is 0 Å². The van der Waals surface area contributed by atoms with Gasteiger partial charge in [-0.05, 0) is 49.3 Å². The summed E-state index contributed by atoms with van der Waals surface area (Å²) < 4.78 is 26.9. The summed E-state index contributed by atoms with van der Waals surface area (Å²) in [5.74, 6) is -2.22. The second-order valence-electron chi connectivity index (χ2n) is 6.01. The summed E-state index contributed by atoms with van der Waals surface area (Å²) in [6, 6.07) is 4.13. The molecule has 3 rings (SSSR count). The van der Waals surface area contributed by atoms with Gasteiger partial charge in [-0.15, -0.1) is 0 Å². The number of nitrogens with one attached hydrogen (secondary N) is 2. The van der Waals surface area contributed by atoms with Gasteiger partial charge >= 0.3 is 0 Å². The molecule has 2 N–H and O–H groups in total. The van der Waals surface area contributed by atoms with Crippen LogP contribution < -0.4 is 5.32 Å². The van der Waals surface area contributed by atoms with Crippen LogP contribution in [0.15, 0.2) is 24.4 Å². The summed E-state index contributed by atoms with van der Waals surface area (Å²) in [7, 11) is 0. The summed E-state index contributed by atoms with van der Waals surface area (Å²) in [5, 5.41) is 9.71. The Morgan fingerprint density at radius 3 is 3.00 bits per heavy atom. The molecule has 1 aliphatic carbocycles. The standard InChI is InChI=1S/C17H19F2N3O/c1-10-11(9-21-22-10)4-3-7-20-17(23)14-8-13(14)12-5-2-6-15(18)16(12)19/h2,5-6,9,13-14H,3-4,7-8H2,1H3,(H,20,23)(H,21,22)/t13-,14+/m1/s1. The summed E-state index contributed by atoms with van der Waals surface area (Å²) in [4.78, 5) is 12.1. The molecule has 2 atom stereocenters. The van der Waals surface area contributed by atoms with Gasteiger partial charge in [0.2, 0.25) is 5.91 Å². The van der Waals surface area contributed by atoms with Crippen molar-refractivity contribution in [3.8, 4) is 0 Å². The zero-order valence-corrected chi connectivity index (χ0v) is 12.9. The monoisotopic (exact) mass is 319 g/mol. The smallest absolute Gasteiger partial charge is 0.223 e. The number of carbonyl (C=O) groups is 1. The van der Waals surface area contributed by atoms with E-state index in [2.05, 4.69) is 15.5 Å². The summed E-state index contributed by atoms with van der Waals surface area (Å²) >= 11 is 0. The van der Waals surface area contributed by atoms with Crippen molar-refractivity contribution in [2.24, 2.45) is 5.92 Å². The fraction of sp³-hybridized carbons (Fsp3) is 0.412. The number of benzene rings is 1. The lowest BCUT2D eigenvalue weighted by molar-refractivity contribution is -0.122. The molecule has 4 nitrogen and oxygen atoms in total. The van der Waals surface area contributed by atoms with Crippen molar-refractivity contribution in [3.63, 3.8) is 0 Å². The largest absolute Gasteiger partial charge is 0.356 e. The van der Waals surface area contributed by atoms with Crippen LogP contribution in [0.4, 0.5) is 8.78 Å². The van der Waals surface area contributed by atoms with Crippen LogP contribution in [0.5, 0.6) is 0 Å². The quantitative estimate of drug-likeness (QED) is 0.805. The molecule has 0 saturated heterocycles. The SMILES string of the molecule is Cc1[nH]ncc1CCCNC(=O)[C@H]1C[C@@H]1c1cccc(F)c1F. The minimum Gasteiger partial charge on any atom is -0.356 e. The van der Waals surface area contributed by atoms with Crippen molar-refractivity contribution in [1.82, 2.24) is 15.5 Å². The minimum absolute atomic E-state index is 0.0809. The highest BCUT2D eigenvalue weighted by Crippen LogP contribution is 2.48. The molecule has 122 valence electrons. The topological polar surface area (TPSA) is 57.8 Å². The molecule has 0 bridgehead atoms. The molecule has 0 spiro atoms. The third-order valence-corrected chi connectivity index (χ3v) is 4.36. The van der Waals surface area contributed by atoms with Crippen molar-refractivity contribution >= 4 is 5.91 Å². The first kappa shape index (κ1) is 15.6. The molecule has 1 aromatic carbocycles. The number of hydrogen-bond donors (Lipinski definition) is 2. The van der Waals surface area contributed by atoms with E-state index in [1.807, 2.05) is 6.92 Å². The predicted molar refractivity (Wildman–Crippen MR) is 81.9 cm³/mol. The predicted octanol–water partition coefficient (Wildman–Crippen LogP) is 2.85. The molecule has 6 heteroatoms. The number of aryl methyl sites for hydroxylation is 2. The Balaban J connectivity index is 1.45. The maximum Gasteiger partial charge on any atom is 0.223 e. The lowest BCUT2D eigenvalue weighted by Crippen LogP contribution is -2.26. The summed E-state index contributed by atoms with van der Waals surface area (Å²) in [5.41, 5.74) is 2.49. The highest BCUT2D eigenvalue weighted by atomic mass is 19.2. The average Bonchev–Trinajstić information content (AvgIpc) is 3.22. The van der Waals surface area contributed by atoms with Crippen LogP contribution in [-0.4, -0.2) is 22.6 Å². The minimum atomic E-state index is -0.857. The fourth-order valence-corrected chi connectivity index (χ4v) is 2.88. The van der Waals surface area contributed by atoms with Crippen LogP contribution >= 0.6 is 0 Å². The Morgan fingerprint density at radius 2 is 2.26 bits per heavy atom. The van der Waals surface area contributed by atoms with Crippen molar-refractivity contribution in [2.75, 3.05) is 6.54 Å². The van der Waals surface area contributed by atoms with E-state index in [-0.39, 0.29) is 17.7 Å². The Labute approximate surface area is 133 Å². The van der Waals surface area contributed by atoms with Crippen LogP contribution in [0.1, 0.15) is 35.6 Å². The lowest BCUT2D eigenvalue weighted by atomic mass is 10.1. The number of nitrogens with zero attached hydrogens (tertiary/aromatic N) is 1. The van der Waals surface area contributed by atoms with Crippen molar-refractivity contribution in [3.05, 3.63) is 52.9 Å². The van der Waals surface area contributed by atoms with E-state index >= 15 is 0 Å². The van der Waals surface area contributed by atoms with E-state index in [0.717, 1.165) is 30.2 Å². The summed E-state index contributed by atoms with van der Waals surface area (Å²) in [6.07, 6.45) is 4.03. The van der Waals surface area contributed by atoms with Crippen molar-refractivity contribution in [1.29, 1.82) is 0 Å². The molecule has 1 heterocycles. The number of amides is 1. The van der Waals surface area contributed by atoms with E-state index in [0.29, 0.717) is 18.5 Å². The molecular formula is C17H19F2N3O. The molecule has 0 aliphatic heterocycles. The normalized spacial score (nSPS) is 19.6. The average molecular weight is 319 g/mol. The van der Waals surface area contributed by atoms with Crippen LogP contribution in [0.3, 0.4) is 0 Å². The zero-order chi connectivity index (χ0) is 16.4. The molecular weight excluding hydrogens is 300 g/mol. The first-order chi connectivity index (χ1) is 11.1. The molecule has 1 saturated carbocycles. The van der Waals surface area contributed by atoms with Gasteiger partial charge in [0.25, 0.3) is 0 Å². The Hall–Kier alpha value is -2.24. The molecule has 23 heavy (non-hydrogen) atoms. The van der Waals surface area contributed by atoms with Crippen molar-refractivity contribution < 1.29 is 13.6 Å². The number of rotatable bonds is 6. The second-order valence-corrected chi connectivity index (χ2v) is 6.01. The van der Waals surface area contributed by atoms with E-state index < -0.39 is 11.6 Å². The summed E-state index contributed by atoms with van der Waals surface area (Å²) in [6.45, 7) is 2.53. The van der Waals surface area contributed by atoms with Gasteiger partial charge in [0.05, 0.1) is 6.20 Å². The van der Waals surface area contributed by atoms with Crippen molar-refractivity contribution in [2.45, 2.75) is 32.1 Å². The van der Waals surface area contributed by atoms with Crippen LogP contribution in [-0.2, 0) is 11.2 Å². The number of hydrogen-bond acceptors (Lipinski definition) is 2. The molecule has 0 radical (unpaired) electrons. The highest BCUT2D eigenvalue weighted by Gasteiger charge is 2.45. The second kappa shape index (κ2) is 6.48. The zero-order valence-electron chi connectivity index (χ0n) is 12.9. The van der Waals surface area contributed by atoms with Gasteiger partial charge in [0.1, 0.15) is 0 Å². The number of halogens is 2. The van der Waals surface area contributed by atoms with Crippen LogP contribution in [0, 0.1) is 24.5 Å². The third-order valence-electron chi connectivity index (χ3n) is 4.36. The number of carbonyl (C=O) groups excluding carboxylic acids is 1. The van der Waals surface area contributed by atoms with Crippen LogP contribution in [0.25, 0.3) is 0 Å². The molecule has 1 fully saturated rings. The number of aromatic amines is 1. The van der Waals surface area contributed by atoms with Gasteiger partial charge < -0.3 is 5.32 Å². The number of aromatic nitrogens is 2. The van der Waals surface area contributed by atoms with E-state index in [1.165, 1.54) is 6.07 Å².